The Labute approximate surface area is 129 Å². The van der Waals surface area contributed by atoms with Crippen molar-refractivity contribution in [2.75, 3.05) is 0 Å². The third-order valence-corrected chi connectivity index (χ3v) is 2.89. The maximum Gasteiger partial charge on any atom is 0.326 e. The number of amides is 2. The van der Waals surface area contributed by atoms with Gasteiger partial charge >= 0.3 is 5.97 Å². The zero-order valence-electron chi connectivity index (χ0n) is 12.8. The summed E-state index contributed by atoms with van der Waals surface area (Å²) in [5, 5.41) is 14.0. The van der Waals surface area contributed by atoms with E-state index in [9.17, 15) is 14.4 Å². The predicted octanol–water partition coefficient (Wildman–Crippen LogP) is 1.39. The lowest BCUT2D eigenvalue weighted by Gasteiger charge is -2.19. The molecule has 1 aromatic carbocycles. The van der Waals surface area contributed by atoms with E-state index in [1.54, 1.807) is 38.1 Å². The first-order valence-corrected chi connectivity index (χ1v) is 6.89. The van der Waals surface area contributed by atoms with Crippen LogP contribution in [0.4, 0.5) is 0 Å². The average Bonchev–Trinajstić information content (AvgIpc) is 2.43. The molecular formula is C16H20N2O4. The van der Waals surface area contributed by atoms with E-state index in [4.69, 9.17) is 5.11 Å². The first kappa shape index (κ1) is 17.4. The summed E-state index contributed by atoms with van der Waals surface area (Å²) in [6, 6.07) is 7.93. The predicted molar refractivity (Wildman–Crippen MR) is 82.6 cm³/mol. The van der Waals surface area contributed by atoms with E-state index in [0.29, 0.717) is 0 Å². The number of carboxylic acids is 1. The third kappa shape index (κ3) is 5.40. The van der Waals surface area contributed by atoms with Crippen LogP contribution >= 0.6 is 0 Å². The summed E-state index contributed by atoms with van der Waals surface area (Å²) in [7, 11) is 0. The molecule has 1 rings (SSSR count). The molecule has 1 atom stereocenters. The van der Waals surface area contributed by atoms with Crippen molar-refractivity contribution in [1.82, 2.24) is 10.6 Å². The highest BCUT2D eigenvalue weighted by Gasteiger charge is 2.25. The van der Waals surface area contributed by atoms with E-state index in [2.05, 4.69) is 10.6 Å². The van der Waals surface area contributed by atoms with Crippen molar-refractivity contribution in [3.63, 3.8) is 0 Å². The van der Waals surface area contributed by atoms with E-state index in [1.165, 1.54) is 13.0 Å². The van der Waals surface area contributed by atoms with Crippen molar-refractivity contribution < 1.29 is 19.5 Å². The van der Waals surface area contributed by atoms with Crippen LogP contribution in [0, 0.1) is 5.92 Å². The van der Waals surface area contributed by atoms with Crippen molar-refractivity contribution in [1.29, 1.82) is 0 Å². The van der Waals surface area contributed by atoms with Crippen LogP contribution in [-0.2, 0) is 14.4 Å². The van der Waals surface area contributed by atoms with Crippen LogP contribution in [0.25, 0.3) is 6.08 Å². The molecule has 0 aliphatic heterocycles. The molecule has 6 heteroatoms. The quantitative estimate of drug-likeness (QED) is 0.692. The van der Waals surface area contributed by atoms with E-state index in [-0.39, 0.29) is 11.6 Å². The Kier molecular flexibility index (Phi) is 6.31. The van der Waals surface area contributed by atoms with Gasteiger partial charge in [-0.25, -0.2) is 4.79 Å². The molecule has 22 heavy (non-hydrogen) atoms. The molecule has 3 N–H and O–H groups in total. The summed E-state index contributed by atoms with van der Waals surface area (Å²) in [5.41, 5.74) is 0.725. The Morgan fingerprint density at radius 1 is 1.14 bits per heavy atom. The van der Waals surface area contributed by atoms with E-state index < -0.39 is 23.8 Å². The van der Waals surface area contributed by atoms with Gasteiger partial charge in [-0.15, -0.1) is 0 Å². The number of carbonyl (C=O) groups is 3. The molecule has 0 aliphatic rings. The van der Waals surface area contributed by atoms with Gasteiger partial charge in [0.2, 0.25) is 5.91 Å². The number of carbonyl (C=O) groups excluding carboxylic acids is 2. The number of hydrogen-bond donors (Lipinski definition) is 3. The van der Waals surface area contributed by atoms with E-state index in [0.717, 1.165) is 5.56 Å². The van der Waals surface area contributed by atoms with Gasteiger partial charge in [-0.1, -0.05) is 44.2 Å². The summed E-state index contributed by atoms with van der Waals surface area (Å²) in [4.78, 5) is 34.7. The maximum atomic E-state index is 12.2. The lowest BCUT2D eigenvalue weighted by molar-refractivity contribution is -0.142. The van der Waals surface area contributed by atoms with Crippen LogP contribution < -0.4 is 10.6 Å². The van der Waals surface area contributed by atoms with Crippen LogP contribution in [0.5, 0.6) is 0 Å². The molecule has 0 aromatic heterocycles. The molecule has 0 fully saturated rings. The Morgan fingerprint density at radius 3 is 2.18 bits per heavy atom. The Bertz CT molecular complexity index is 579. The third-order valence-electron chi connectivity index (χ3n) is 2.89. The molecular weight excluding hydrogens is 284 g/mol. The molecule has 0 radical (unpaired) electrons. The van der Waals surface area contributed by atoms with Gasteiger partial charge < -0.3 is 15.7 Å². The highest BCUT2D eigenvalue weighted by Crippen LogP contribution is 2.07. The molecule has 118 valence electrons. The molecule has 0 unspecified atom stereocenters. The van der Waals surface area contributed by atoms with Gasteiger partial charge in [0.15, 0.2) is 0 Å². The number of hydrogen-bond acceptors (Lipinski definition) is 3. The monoisotopic (exact) mass is 304 g/mol. The molecule has 6 nitrogen and oxygen atoms in total. The molecule has 0 saturated heterocycles. The maximum absolute atomic E-state index is 12.2. The normalized spacial score (nSPS) is 12.6. The molecule has 0 spiro atoms. The molecule has 0 saturated carbocycles. The lowest BCUT2D eigenvalue weighted by Crippen LogP contribution is -2.46. The molecule has 2 amide bonds. The molecule has 0 bridgehead atoms. The lowest BCUT2D eigenvalue weighted by atomic mass is 10.0. The molecule has 1 aromatic rings. The topological polar surface area (TPSA) is 95.5 Å². The number of rotatable bonds is 6. The minimum atomic E-state index is -1.12. The summed E-state index contributed by atoms with van der Waals surface area (Å²) in [5.74, 6) is -2.45. The van der Waals surface area contributed by atoms with Crippen LogP contribution in [0.15, 0.2) is 36.0 Å². The minimum Gasteiger partial charge on any atom is -0.480 e. The fourth-order valence-corrected chi connectivity index (χ4v) is 1.80. The van der Waals surface area contributed by atoms with Crippen LogP contribution in [-0.4, -0.2) is 28.9 Å². The Morgan fingerprint density at radius 2 is 1.73 bits per heavy atom. The second-order valence-electron chi connectivity index (χ2n) is 5.18. The standard InChI is InChI=1S/C16H20N2O4/c1-10(2)14(16(21)22)18-15(20)13(17-11(3)19)9-12-7-5-4-6-8-12/h4-10,14H,1-3H3,(H,17,19)(H,18,20)(H,21,22)/b13-9-/t14-/m1/s1. The number of benzene rings is 1. The summed E-state index contributed by atoms with van der Waals surface area (Å²) < 4.78 is 0. The van der Waals surface area contributed by atoms with E-state index in [1.807, 2.05) is 6.07 Å². The van der Waals surface area contributed by atoms with Gasteiger partial charge in [0.05, 0.1) is 0 Å². The second-order valence-corrected chi connectivity index (χ2v) is 5.18. The SMILES string of the molecule is CC(=O)N/C(=C\c1ccccc1)C(=O)N[C@@H](C(=O)O)C(C)C. The summed E-state index contributed by atoms with van der Waals surface area (Å²) in [6.07, 6.45) is 1.50. The van der Waals surface area contributed by atoms with Crippen molar-refractivity contribution in [2.45, 2.75) is 26.8 Å². The van der Waals surface area contributed by atoms with Crippen molar-refractivity contribution in [3.8, 4) is 0 Å². The Hall–Kier alpha value is -2.63. The van der Waals surface area contributed by atoms with Gasteiger partial charge in [-0.3, -0.25) is 9.59 Å². The van der Waals surface area contributed by atoms with Gasteiger partial charge in [-0.05, 0) is 17.6 Å². The highest BCUT2D eigenvalue weighted by atomic mass is 16.4. The number of carboxylic acid groups (broad SMARTS) is 1. The largest absolute Gasteiger partial charge is 0.480 e. The summed E-state index contributed by atoms with van der Waals surface area (Å²) in [6.45, 7) is 4.67. The fraction of sp³-hybridized carbons (Fsp3) is 0.312. The molecule has 0 aliphatic carbocycles. The first-order chi connectivity index (χ1) is 10.3. The van der Waals surface area contributed by atoms with Crippen molar-refractivity contribution >= 4 is 23.9 Å². The van der Waals surface area contributed by atoms with Crippen LogP contribution in [0.2, 0.25) is 0 Å². The first-order valence-electron chi connectivity index (χ1n) is 6.89. The smallest absolute Gasteiger partial charge is 0.326 e. The van der Waals surface area contributed by atoms with Gasteiger partial charge in [0.25, 0.3) is 5.91 Å². The second kappa shape index (κ2) is 7.97. The fourth-order valence-electron chi connectivity index (χ4n) is 1.80. The highest BCUT2D eigenvalue weighted by molar-refractivity contribution is 6.02. The van der Waals surface area contributed by atoms with E-state index >= 15 is 0 Å². The number of nitrogens with one attached hydrogen (secondary N) is 2. The average molecular weight is 304 g/mol. The van der Waals surface area contributed by atoms with Crippen molar-refractivity contribution in [3.05, 3.63) is 41.6 Å². The van der Waals surface area contributed by atoms with Crippen LogP contribution in [0.1, 0.15) is 26.3 Å². The summed E-state index contributed by atoms with van der Waals surface area (Å²) >= 11 is 0. The minimum absolute atomic E-state index is 0.00519. The van der Waals surface area contributed by atoms with Crippen molar-refractivity contribution in [2.24, 2.45) is 5.92 Å². The number of aliphatic carboxylic acids is 1. The zero-order chi connectivity index (χ0) is 16.7. The molecule has 0 heterocycles. The van der Waals surface area contributed by atoms with Gasteiger partial charge in [0, 0.05) is 6.92 Å². The van der Waals surface area contributed by atoms with Gasteiger partial charge in [-0.2, -0.15) is 0 Å². The van der Waals surface area contributed by atoms with Crippen LogP contribution in [0.3, 0.4) is 0 Å². The Balaban J connectivity index is 3.01. The zero-order valence-corrected chi connectivity index (χ0v) is 12.8. The van der Waals surface area contributed by atoms with Gasteiger partial charge in [0.1, 0.15) is 11.7 Å².